The molecule has 0 aliphatic heterocycles. The average Bonchev–Trinajstić information content (AvgIpc) is 3.35. The first-order chi connectivity index (χ1) is 13.6. The van der Waals surface area contributed by atoms with Gasteiger partial charge in [-0.15, -0.1) is 10.2 Å². The predicted molar refractivity (Wildman–Crippen MR) is 110 cm³/mol. The van der Waals surface area contributed by atoms with E-state index in [0.717, 1.165) is 5.56 Å². The molecular weight excluding hydrogens is 372 g/mol. The van der Waals surface area contributed by atoms with Gasteiger partial charge < -0.3 is 14.3 Å². The molecule has 6 nitrogen and oxygen atoms in total. The first-order valence-corrected chi connectivity index (χ1v) is 9.94. The Morgan fingerprint density at radius 1 is 1.14 bits per heavy atom. The number of furan rings is 1. The number of thioether (sulfide) groups is 1. The Hall–Kier alpha value is -3.06. The summed E-state index contributed by atoms with van der Waals surface area (Å²) in [4.78, 5) is 12.4. The maximum absolute atomic E-state index is 12.4. The van der Waals surface area contributed by atoms with Gasteiger partial charge in [-0.3, -0.25) is 4.79 Å². The molecule has 0 spiro atoms. The lowest BCUT2D eigenvalue weighted by Crippen LogP contribution is -2.28. The highest BCUT2D eigenvalue weighted by atomic mass is 32.2. The second-order valence-corrected chi connectivity index (χ2v) is 7.47. The van der Waals surface area contributed by atoms with Crippen LogP contribution in [0.25, 0.3) is 22.4 Å². The summed E-state index contributed by atoms with van der Waals surface area (Å²) in [6.45, 7) is 1.99. The predicted octanol–water partition coefficient (Wildman–Crippen LogP) is 4.20. The number of rotatable bonds is 6. The number of hydrogen-bond acceptors (Lipinski definition) is 5. The Kier molecular flexibility index (Phi) is 5.16. The molecule has 1 atom stereocenters. The van der Waals surface area contributed by atoms with Crippen molar-refractivity contribution in [1.82, 2.24) is 20.1 Å². The van der Waals surface area contributed by atoms with E-state index in [4.69, 9.17) is 4.42 Å². The standard InChI is InChI=1S/C21H20N4O2S/c1-14(16-10-9-15-6-3-4-7-17(15)12-16)22-19(26)13-28-21-24-23-20(25(21)2)18-8-5-11-27-18/h3-12,14H,13H2,1-2H3,(H,22,26)/t14-/m1/s1. The van der Waals surface area contributed by atoms with Crippen molar-refractivity contribution in [3.05, 3.63) is 66.4 Å². The zero-order chi connectivity index (χ0) is 19.5. The van der Waals surface area contributed by atoms with Crippen LogP contribution in [0.3, 0.4) is 0 Å². The van der Waals surface area contributed by atoms with Gasteiger partial charge in [0.25, 0.3) is 0 Å². The fourth-order valence-corrected chi connectivity index (χ4v) is 3.76. The van der Waals surface area contributed by atoms with Gasteiger partial charge >= 0.3 is 0 Å². The highest BCUT2D eigenvalue weighted by Crippen LogP contribution is 2.23. The minimum Gasteiger partial charge on any atom is -0.461 e. The van der Waals surface area contributed by atoms with Crippen molar-refractivity contribution >= 4 is 28.4 Å². The van der Waals surface area contributed by atoms with Gasteiger partial charge in [0.15, 0.2) is 16.7 Å². The Balaban J connectivity index is 1.37. The molecule has 0 bridgehead atoms. The zero-order valence-electron chi connectivity index (χ0n) is 15.6. The van der Waals surface area contributed by atoms with E-state index in [-0.39, 0.29) is 17.7 Å². The van der Waals surface area contributed by atoms with Crippen molar-refractivity contribution in [1.29, 1.82) is 0 Å². The van der Waals surface area contributed by atoms with Gasteiger partial charge in [-0.25, -0.2) is 0 Å². The smallest absolute Gasteiger partial charge is 0.230 e. The van der Waals surface area contributed by atoms with Crippen molar-refractivity contribution in [3.8, 4) is 11.6 Å². The second kappa shape index (κ2) is 7.90. The third-order valence-electron chi connectivity index (χ3n) is 4.56. The van der Waals surface area contributed by atoms with Crippen LogP contribution >= 0.6 is 11.8 Å². The largest absolute Gasteiger partial charge is 0.461 e. The minimum atomic E-state index is -0.0733. The van der Waals surface area contributed by atoms with E-state index < -0.39 is 0 Å². The fourth-order valence-electron chi connectivity index (χ4n) is 3.03. The summed E-state index contributed by atoms with van der Waals surface area (Å²) in [7, 11) is 1.86. The van der Waals surface area contributed by atoms with Gasteiger partial charge in [-0.1, -0.05) is 48.2 Å². The Morgan fingerprint density at radius 3 is 2.75 bits per heavy atom. The molecule has 2 aromatic carbocycles. The van der Waals surface area contributed by atoms with Gasteiger partial charge in [0.2, 0.25) is 5.91 Å². The van der Waals surface area contributed by atoms with E-state index in [1.807, 2.05) is 36.7 Å². The van der Waals surface area contributed by atoms with Crippen molar-refractivity contribution in [3.63, 3.8) is 0 Å². The summed E-state index contributed by atoms with van der Waals surface area (Å²) in [5, 5.41) is 14.4. The topological polar surface area (TPSA) is 73.0 Å². The maximum atomic E-state index is 12.4. The quantitative estimate of drug-likeness (QED) is 0.498. The molecule has 4 rings (SSSR count). The van der Waals surface area contributed by atoms with Crippen molar-refractivity contribution < 1.29 is 9.21 Å². The lowest BCUT2D eigenvalue weighted by molar-refractivity contribution is -0.119. The normalized spacial score (nSPS) is 12.2. The molecule has 28 heavy (non-hydrogen) atoms. The van der Waals surface area contributed by atoms with Gasteiger partial charge in [0, 0.05) is 7.05 Å². The second-order valence-electron chi connectivity index (χ2n) is 6.53. The van der Waals surface area contributed by atoms with E-state index in [0.29, 0.717) is 16.7 Å². The van der Waals surface area contributed by atoms with E-state index in [9.17, 15) is 4.79 Å². The maximum Gasteiger partial charge on any atom is 0.230 e. The molecule has 0 saturated carbocycles. The molecule has 7 heteroatoms. The van der Waals surface area contributed by atoms with E-state index >= 15 is 0 Å². The van der Waals surface area contributed by atoms with Gasteiger partial charge in [0.1, 0.15) is 0 Å². The van der Waals surface area contributed by atoms with E-state index in [1.165, 1.54) is 22.5 Å². The molecule has 4 aromatic rings. The van der Waals surface area contributed by atoms with Crippen LogP contribution in [-0.4, -0.2) is 26.4 Å². The number of hydrogen-bond donors (Lipinski definition) is 1. The minimum absolute atomic E-state index is 0.0480. The van der Waals surface area contributed by atoms with Crippen molar-refractivity contribution in [2.75, 3.05) is 5.75 Å². The molecular formula is C21H20N4O2S. The van der Waals surface area contributed by atoms with Crippen LogP contribution in [-0.2, 0) is 11.8 Å². The van der Waals surface area contributed by atoms with Crippen molar-refractivity contribution in [2.24, 2.45) is 7.05 Å². The zero-order valence-corrected chi connectivity index (χ0v) is 16.4. The Labute approximate surface area is 167 Å². The number of aromatic nitrogens is 3. The molecule has 2 heterocycles. The van der Waals surface area contributed by atoms with Crippen LogP contribution in [0.15, 0.2) is 70.4 Å². The third-order valence-corrected chi connectivity index (χ3v) is 5.58. The Morgan fingerprint density at radius 2 is 1.96 bits per heavy atom. The number of nitrogens with one attached hydrogen (secondary N) is 1. The molecule has 1 N–H and O–H groups in total. The summed E-state index contributed by atoms with van der Waals surface area (Å²) in [6, 6.07) is 18.0. The van der Waals surface area contributed by atoms with E-state index in [2.05, 4.69) is 45.8 Å². The van der Waals surface area contributed by atoms with Crippen LogP contribution in [0, 0.1) is 0 Å². The summed E-state index contributed by atoms with van der Waals surface area (Å²) in [5.74, 6) is 1.50. The summed E-state index contributed by atoms with van der Waals surface area (Å²) in [5.41, 5.74) is 1.08. The number of nitrogens with zero attached hydrogens (tertiary/aromatic N) is 3. The molecule has 0 aliphatic carbocycles. The molecule has 2 aromatic heterocycles. The lowest BCUT2D eigenvalue weighted by atomic mass is 10.0. The Bertz CT molecular complexity index is 1100. The fraction of sp³-hybridized carbons (Fsp3) is 0.190. The molecule has 1 amide bonds. The van der Waals surface area contributed by atoms with Crippen LogP contribution < -0.4 is 5.32 Å². The van der Waals surface area contributed by atoms with Crippen LogP contribution in [0.1, 0.15) is 18.5 Å². The lowest BCUT2D eigenvalue weighted by Gasteiger charge is -2.15. The van der Waals surface area contributed by atoms with Crippen LogP contribution in [0.4, 0.5) is 0 Å². The number of carbonyl (C=O) groups is 1. The highest BCUT2D eigenvalue weighted by Gasteiger charge is 2.16. The first-order valence-electron chi connectivity index (χ1n) is 8.96. The molecule has 0 radical (unpaired) electrons. The highest BCUT2D eigenvalue weighted by molar-refractivity contribution is 7.99. The average molecular weight is 392 g/mol. The van der Waals surface area contributed by atoms with Crippen molar-refractivity contribution in [2.45, 2.75) is 18.1 Å². The monoisotopic (exact) mass is 392 g/mol. The van der Waals surface area contributed by atoms with Gasteiger partial charge in [0.05, 0.1) is 18.1 Å². The third kappa shape index (κ3) is 3.80. The SMILES string of the molecule is C[C@@H](NC(=O)CSc1nnc(-c2ccco2)n1C)c1ccc2ccccc2c1. The van der Waals surface area contributed by atoms with Gasteiger partial charge in [-0.05, 0) is 41.5 Å². The number of benzene rings is 2. The number of fused-ring (bicyclic) bond motifs is 1. The molecule has 0 unspecified atom stereocenters. The van der Waals surface area contributed by atoms with Crippen LogP contribution in [0.5, 0.6) is 0 Å². The number of carbonyl (C=O) groups excluding carboxylic acids is 1. The summed E-state index contributed by atoms with van der Waals surface area (Å²) >= 11 is 1.35. The summed E-state index contributed by atoms with van der Waals surface area (Å²) in [6.07, 6.45) is 1.60. The molecule has 142 valence electrons. The molecule has 0 aliphatic rings. The number of amides is 1. The molecule has 0 saturated heterocycles. The summed E-state index contributed by atoms with van der Waals surface area (Å²) < 4.78 is 7.18. The van der Waals surface area contributed by atoms with Crippen LogP contribution in [0.2, 0.25) is 0 Å². The first kappa shape index (κ1) is 18.3. The van der Waals surface area contributed by atoms with Gasteiger partial charge in [-0.2, -0.15) is 0 Å². The molecule has 0 fully saturated rings. The van der Waals surface area contributed by atoms with E-state index in [1.54, 1.807) is 12.3 Å².